The minimum Gasteiger partial charge on any atom is -0.456 e. The molecule has 2 aliphatic rings. The molecule has 98 valence electrons. The van der Waals surface area contributed by atoms with Gasteiger partial charge in [0.25, 0.3) is 0 Å². The number of carbonyl (C=O) groups is 1. The van der Waals surface area contributed by atoms with E-state index >= 15 is 0 Å². The van der Waals surface area contributed by atoms with Crippen LogP contribution in [-0.4, -0.2) is 12.6 Å². The standard InChI is InChI=1S/C15H16N2O2/c1-8-4-3-5-10(6-8)12-13-11(7-19-15(13)18)17-9(2)14(12)16/h3-6,12,17H,7,16H2,1-2H3. The molecule has 19 heavy (non-hydrogen) atoms. The quantitative estimate of drug-likeness (QED) is 0.750. The molecule has 0 spiro atoms. The summed E-state index contributed by atoms with van der Waals surface area (Å²) < 4.78 is 5.12. The van der Waals surface area contributed by atoms with Gasteiger partial charge in [-0.1, -0.05) is 29.8 Å². The zero-order chi connectivity index (χ0) is 13.6. The second-order valence-corrected chi connectivity index (χ2v) is 5.02. The highest BCUT2D eigenvalue weighted by molar-refractivity contribution is 5.94. The van der Waals surface area contributed by atoms with Crippen molar-refractivity contribution in [2.75, 3.05) is 6.61 Å². The molecule has 3 N–H and O–H groups in total. The number of dihydropyridines is 1. The fourth-order valence-electron chi connectivity index (χ4n) is 2.68. The molecule has 0 radical (unpaired) electrons. The van der Waals surface area contributed by atoms with Gasteiger partial charge in [0.05, 0.1) is 17.2 Å². The minimum atomic E-state index is -0.274. The minimum absolute atomic E-state index is 0.203. The summed E-state index contributed by atoms with van der Waals surface area (Å²) in [6.45, 7) is 4.26. The summed E-state index contributed by atoms with van der Waals surface area (Å²) in [5.74, 6) is -0.476. The van der Waals surface area contributed by atoms with Gasteiger partial charge in [-0.2, -0.15) is 0 Å². The molecule has 1 aromatic rings. The van der Waals surface area contributed by atoms with Crippen LogP contribution in [0.4, 0.5) is 0 Å². The lowest BCUT2D eigenvalue weighted by Gasteiger charge is -2.26. The van der Waals surface area contributed by atoms with Gasteiger partial charge in [0.2, 0.25) is 0 Å². The van der Waals surface area contributed by atoms with Crippen LogP contribution in [0.5, 0.6) is 0 Å². The van der Waals surface area contributed by atoms with Gasteiger partial charge in [0, 0.05) is 11.4 Å². The highest BCUT2D eigenvalue weighted by atomic mass is 16.5. The van der Waals surface area contributed by atoms with E-state index in [1.54, 1.807) is 0 Å². The third-order valence-corrected chi connectivity index (χ3v) is 3.64. The maximum Gasteiger partial charge on any atom is 0.337 e. The summed E-state index contributed by atoms with van der Waals surface area (Å²) in [7, 11) is 0. The van der Waals surface area contributed by atoms with Crippen LogP contribution >= 0.6 is 0 Å². The van der Waals surface area contributed by atoms with Gasteiger partial charge < -0.3 is 15.8 Å². The van der Waals surface area contributed by atoms with Gasteiger partial charge in [0.15, 0.2) is 0 Å². The third-order valence-electron chi connectivity index (χ3n) is 3.64. The predicted molar refractivity (Wildman–Crippen MR) is 71.9 cm³/mol. The molecule has 2 heterocycles. The molecular formula is C15H16N2O2. The van der Waals surface area contributed by atoms with Gasteiger partial charge in [-0.25, -0.2) is 4.79 Å². The van der Waals surface area contributed by atoms with Crippen molar-refractivity contribution in [3.63, 3.8) is 0 Å². The van der Waals surface area contributed by atoms with Gasteiger partial charge in [-0.05, 0) is 19.4 Å². The number of cyclic esters (lactones) is 1. The lowest BCUT2D eigenvalue weighted by Crippen LogP contribution is -2.29. The van der Waals surface area contributed by atoms with Crippen LogP contribution in [0.25, 0.3) is 0 Å². The second kappa shape index (κ2) is 4.16. The fraction of sp³-hybridized carbons (Fsp3) is 0.267. The van der Waals surface area contributed by atoms with Crippen molar-refractivity contribution in [2.45, 2.75) is 19.8 Å². The van der Waals surface area contributed by atoms with Crippen LogP contribution in [-0.2, 0) is 9.53 Å². The first-order valence-electron chi connectivity index (χ1n) is 6.28. The van der Waals surface area contributed by atoms with Crippen molar-refractivity contribution in [1.29, 1.82) is 0 Å². The molecule has 2 aliphatic heterocycles. The third kappa shape index (κ3) is 1.80. The van der Waals surface area contributed by atoms with Crippen molar-refractivity contribution in [3.8, 4) is 0 Å². The van der Waals surface area contributed by atoms with E-state index in [-0.39, 0.29) is 11.9 Å². The van der Waals surface area contributed by atoms with E-state index in [1.807, 2.05) is 32.0 Å². The van der Waals surface area contributed by atoms with E-state index < -0.39 is 0 Å². The van der Waals surface area contributed by atoms with E-state index in [0.29, 0.717) is 17.9 Å². The number of rotatable bonds is 1. The smallest absolute Gasteiger partial charge is 0.337 e. The lowest BCUT2D eigenvalue weighted by atomic mass is 9.84. The summed E-state index contributed by atoms with van der Waals surface area (Å²) in [5.41, 5.74) is 11.4. The Morgan fingerprint density at radius 2 is 2.16 bits per heavy atom. The van der Waals surface area contributed by atoms with Crippen LogP contribution in [0.3, 0.4) is 0 Å². The number of carbonyl (C=O) groups excluding carboxylic acids is 1. The highest BCUT2D eigenvalue weighted by Gasteiger charge is 2.37. The maximum absolute atomic E-state index is 11.9. The number of ether oxygens (including phenoxy) is 1. The first-order chi connectivity index (χ1) is 9.08. The molecule has 0 saturated heterocycles. The highest BCUT2D eigenvalue weighted by Crippen LogP contribution is 2.38. The SMILES string of the molecule is CC1=C(N)C(c2cccc(C)c2)C2=C(COC2=O)N1. The van der Waals surface area contributed by atoms with Crippen LogP contribution in [0, 0.1) is 6.92 Å². The molecule has 0 bridgehead atoms. The van der Waals surface area contributed by atoms with Gasteiger partial charge in [-0.3, -0.25) is 0 Å². The number of allylic oxidation sites excluding steroid dienone is 2. The Balaban J connectivity index is 2.15. The molecule has 0 aliphatic carbocycles. The normalized spacial score (nSPS) is 22.2. The second-order valence-electron chi connectivity index (χ2n) is 5.02. The average Bonchev–Trinajstić information content (AvgIpc) is 2.72. The Kier molecular flexibility index (Phi) is 2.59. The van der Waals surface area contributed by atoms with Crippen molar-refractivity contribution >= 4 is 5.97 Å². The topological polar surface area (TPSA) is 64.3 Å². The van der Waals surface area contributed by atoms with Crippen molar-refractivity contribution in [2.24, 2.45) is 5.73 Å². The monoisotopic (exact) mass is 256 g/mol. The zero-order valence-electron chi connectivity index (χ0n) is 11.0. The van der Waals surface area contributed by atoms with E-state index in [0.717, 1.165) is 22.5 Å². The molecule has 1 aromatic carbocycles. The molecule has 3 rings (SSSR count). The average molecular weight is 256 g/mol. The van der Waals surface area contributed by atoms with Gasteiger partial charge in [-0.15, -0.1) is 0 Å². The van der Waals surface area contributed by atoms with Crippen LogP contribution in [0.2, 0.25) is 0 Å². The zero-order valence-corrected chi connectivity index (χ0v) is 11.0. The molecule has 0 fully saturated rings. The molecular weight excluding hydrogens is 240 g/mol. The van der Waals surface area contributed by atoms with Crippen molar-refractivity contribution in [3.05, 3.63) is 58.1 Å². The van der Waals surface area contributed by atoms with Gasteiger partial charge in [0.1, 0.15) is 6.61 Å². The van der Waals surface area contributed by atoms with Gasteiger partial charge >= 0.3 is 5.97 Å². The lowest BCUT2D eigenvalue weighted by molar-refractivity contribution is -0.136. The molecule has 1 atom stereocenters. The van der Waals surface area contributed by atoms with E-state index in [9.17, 15) is 4.79 Å². The van der Waals surface area contributed by atoms with E-state index in [2.05, 4.69) is 11.4 Å². The number of aryl methyl sites for hydroxylation is 1. The van der Waals surface area contributed by atoms with E-state index in [1.165, 1.54) is 0 Å². The number of benzene rings is 1. The van der Waals surface area contributed by atoms with Crippen LogP contribution in [0.15, 0.2) is 46.9 Å². The Morgan fingerprint density at radius 1 is 1.37 bits per heavy atom. The molecule has 4 nitrogen and oxygen atoms in total. The Bertz CT molecular complexity index is 629. The number of hydrogen-bond acceptors (Lipinski definition) is 4. The van der Waals surface area contributed by atoms with Crippen LogP contribution in [0.1, 0.15) is 24.0 Å². The first kappa shape index (κ1) is 11.8. The van der Waals surface area contributed by atoms with Crippen molar-refractivity contribution < 1.29 is 9.53 Å². The summed E-state index contributed by atoms with van der Waals surface area (Å²) in [6.07, 6.45) is 0. The number of hydrogen-bond donors (Lipinski definition) is 2. The molecule has 1 unspecified atom stereocenters. The number of nitrogens with two attached hydrogens (primary N) is 1. The van der Waals surface area contributed by atoms with Crippen molar-refractivity contribution in [1.82, 2.24) is 5.32 Å². The summed E-state index contributed by atoms with van der Waals surface area (Å²) in [4.78, 5) is 11.9. The molecule has 0 saturated carbocycles. The predicted octanol–water partition coefficient (Wildman–Crippen LogP) is 1.68. The summed E-state index contributed by atoms with van der Waals surface area (Å²) >= 11 is 0. The number of esters is 1. The number of nitrogens with one attached hydrogen (secondary N) is 1. The maximum atomic E-state index is 11.9. The Morgan fingerprint density at radius 3 is 2.89 bits per heavy atom. The molecule has 4 heteroatoms. The summed E-state index contributed by atoms with van der Waals surface area (Å²) in [6, 6.07) is 8.07. The molecule has 0 aromatic heterocycles. The Hall–Kier alpha value is -2.23. The Labute approximate surface area is 111 Å². The molecule has 0 amide bonds. The van der Waals surface area contributed by atoms with E-state index in [4.69, 9.17) is 10.5 Å². The van der Waals surface area contributed by atoms with Crippen LogP contribution < -0.4 is 11.1 Å². The largest absolute Gasteiger partial charge is 0.456 e. The summed E-state index contributed by atoms with van der Waals surface area (Å²) in [5, 5.41) is 3.16. The fourth-order valence-corrected chi connectivity index (χ4v) is 2.68. The first-order valence-corrected chi connectivity index (χ1v) is 6.28.